The highest BCUT2D eigenvalue weighted by atomic mass is 127. The van der Waals surface area contributed by atoms with Crippen molar-refractivity contribution in [2.24, 2.45) is 5.92 Å². The lowest BCUT2D eigenvalue weighted by molar-refractivity contribution is 0.576. The van der Waals surface area contributed by atoms with E-state index in [2.05, 4.69) is 50.3 Å². The fourth-order valence-electron chi connectivity index (χ4n) is 2.45. The van der Waals surface area contributed by atoms with Gasteiger partial charge in [-0.05, 0) is 59.5 Å². The molecule has 0 N–H and O–H groups in total. The minimum Gasteiger partial charge on any atom is -0.327 e. The summed E-state index contributed by atoms with van der Waals surface area (Å²) >= 11 is 8.34. The number of hydrogen-bond acceptors (Lipinski definition) is 1. The van der Waals surface area contributed by atoms with Crippen molar-refractivity contribution in [3.63, 3.8) is 0 Å². The number of imidazole rings is 1. The van der Waals surface area contributed by atoms with Gasteiger partial charge in [-0.2, -0.15) is 0 Å². The third-order valence-corrected chi connectivity index (χ3v) is 4.51. The maximum atomic E-state index is 6.01. The van der Waals surface area contributed by atoms with E-state index in [-0.39, 0.29) is 0 Å². The van der Waals surface area contributed by atoms with Crippen molar-refractivity contribution in [2.45, 2.75) is 38.1 Å². The Kier molecular flexibility index (Phi) is 3.80. The van der Waals surface area contributed by atoms with Crippen molar-refractivity contribution in [1.29, 1.82) is 0 Å². The van der Waals surface area contributed by atoms with Gasteiger partial charge in [0.05, 0.1) is 16.9 Å². The molecule has 0 amide bonds. The molecule has 1 aliphatic carbocycles. The van der Waals surface area contributed by atoms with Gasteiger partial charge >= 0.3 is 0 Å². The standard InChI is InChI=1S/C14H16ClIN2/c15-9-14-17-12-8-11(16)5-6-13(12)18(14)7-1-2-10-3-4-10/h5-6,8,10H,1-4,7,9H2. The van der Waals surface area contributed by atoms with Gasteiger partial charge in [0.15, 0.2) is 0 Å². The molecule has 1 saturated carbocycles. The van der Waals surface area contributed by atoms with Crippen LogP contribution in [0.1, 0.15) is 31.5 Å². The van der Waals surface area contributed by atoms with Gasteiger partial charge < -0.3 is 4.57 Å². The van der Waals surface area contributed by atoms with Crippen LogP contribution in [0.15, 0.2) is 18.2 Å². The van der Waals surface area contributed by atoms with E-state index < -0.39 is 0 Å². The first-order valence-electron chi connectivity index (χ1n) is 6.48. The van der Waals surface area contributed by atoms with Crippen LogP contribution in [0.3, 0.4) is 0 Å². The summed E-state index contributed by atoms with van der Waals surface area (Å²) in [6.45, 7) is 1.05. The van der Waals surface area contributed by atoms with E-state index in [0.29, 0.717) is 5.88 Å². The molecule has 18 heavy (non-hydrogen) atoms. The summed E-state index contributed by atoms with van der Waals surface area (Å²) in [5, 5.41) is 0. The highest BCUT2D eigenvalue weighted by Gasteiger charge is 2.20. The molecule has 0 spiro atoms. The quantitative estimate of drug-likeness (QED) is 0.554. The SMILES string of the molecule is ClCc1nc2cc(I)ccc2n1CCCC1CC1. The lowest BCUT2D eigenvalue weighted by Crippen LogP contribution is -2.02. The molecule has 4 heteroatoms. The van der Waals surface area contributed by atoms with Gasteiger partial charge in [0.25, 0.3) is 0 Å². The third-order valence-electron chi connectivity index (χ3n) is 3.60. The predicted octanol–water partition coefficient (Wildman–Crippen LogP) is 4.57. The Labute approximate surface area is 126 Å². The van der Waals surface area contributed by atoms with E-state index in [0.717, 1.165) is 23.8 Å². The maximum Gasteiger partial charge on any atom is 0.124 e. The molecule has 1 aromatic heterocycles. The summed E-state index contributed by atoms with van der Waals surface area (Å²) in [5.41, 5.74) is 2.30. The van der Waals surface area contributed by atoms with E-state index in [1.165, 1.54) is 34.8 Å². The van der Waals surface area contributed by atoms with Crippen molar-refractivity contribution in [1.82, 2.24) is 9.55 Å². The summed E-state index contributed by atoms with van der Waals surface area (Å²) < 4.78 is 3.52. The van der Waals surface area contributed by atoms with E-state index in [1.54, 1.807) is 0 Å². The Balaban J connectivity index is 1.86. The minimum absolute atomic E-state index is 0.495. The van der Waals surface area contributed by atoms with Gasteiger partial charge in [0.1, 0.15) is 5.82 Å². The highest BCUT2D eigenvalue weighted by molar-refractivity contribution is 14.1. The number of aryl methyl sites for hydroxylation is 1. The van der Waals surface area contributed by atoms with E-state index >= 15 is 0 Å². The van der Waals surface area contributed by atoms with Crippen molar-refractivity contribution < 1.29 is 0 Å². The molecular formula is C14H16ClIN2. The van der Waals surface area contributed by atoms with Gasteiger partial charge in [-0.15, -0.1) is 11.6 Å². The number of fused-ring (bicyclic) bond motifs is 1. The van der Waals surface area contributed by atoms with Crippen LogP contribution in [0.4, 0.5) is 0 Å². The average Bonchev–Trinajstić information content (AvgIpc) is 3.11. The van der Waals surface area contributed by atoms with Crippen LogP contribution in [0.5, 0.6) is 0 Å². The number of halogens is 2. The van der Waals surface area contributed by atoms with Crippen LogP contribution in [-0.4, -0.2) is 9.55 Å². The van der Waals surface area contributed by atoms with Gasteiger partial charge in [-0.3, -0.25) is 0 Å². The van der Waals surface area contributed by atoms with Gasteiger partial charge in [0, 0.05) is 10.1 Å². The highest BCUT2D eigenvalue weighted by Crippen LogP contribution is 2.33. The zero-order valence-corrected chi connectivity index (χ0v) is 13.1. The molecular weight excluding hydrogens is 359 g/mol. The molecule has 2 nitrogen and oxygen atoms in total. The predicted molar refractivity (Wildman–Crippen MR) is 84.0 cm³/mol. The molecule has 1 heterocycles. The Morgan fingerprint density at radius 3 is 2.94 bits per heavy atom. The zero-order valence-electron chi connectivity index (χ0n) is 10.2. The van der Waals surface area contributed by atoms with Crippen LogP contribution in [0.2, 0.25) is 0 Å². The summed E-state index contributed by atoms with van der Waals surface area (Å²) in [5.74, 6) is 2.50. The van der Waals surface area contributed by atoms with Crippen molar-refractivity contribution in [3.8, 4) is 0 Å². The molecule has 3 rings (SSSR count). The number of benzene rings is 1. The smallest absolute Gasteiger partial charge is 0.124 e. The Morgan fingerprint density at radius 1 is 1.39 bits per heavy atom. The number of rotatable bonds is 5. The van der Waals surface area contributed by atoms with Crippen molar-refractivity contribution >= 4 is 45.2 Å². The molecule has 0 atom stereocenters. The van der Waals surface area contributed by atoms with E-state index in [4.69, 9.17) is 11.6 Å². The summed E-state index contributed by atoms with van der Waals surface area (Å²) in [4.78, 5) is 4.63. The van der Waals surface area contributed by atoms with Crippen LogP contribution in [-0.2, 0) is 12.4 Å². The number of aromatic nitrogens is 2. The molecule has 0 unspecified atom stereocenters. The second-order valence-corrected chi connectivity index (χ2v) is 6.54. The molecule has 0 bridgehead atoms. The topological polar surface area (TPSA) is 17.8 Å². The first-order chi connectivity index (χ1) is 8.78. The monoisotopic (exact) mass is 374 g/mol. The molecule has 0 saturated heterocycles. The van der Waals surface area contributed by atoms with Gasteiger partial charge in [-0.25, -0.2) is 4.98 Å². The maximum absolute atomic E-state index is 6.01. The third kappa shape index (κ3) is 2.67. The fourth-order valence-corrected chi connectivity index (χ4v) is 3.13. The summed E-state index contributed by atoms with van der Waals surface area (Å²) in [6, 6.07) is 6.43. The Bertz CT molecular complexity index is 560. The molecule has 1 fully saturated rings. The molecule has 1 aromatic carbocycles. The zero-order chi connectivity index (χ0) is 12.5. The first-order valence-corrected chi connectivity index (χ1v) is 8.10. The Hall–Kier alpha value is -0.290. The van der Waals surface area contributed by atoms with Crippen LogP contribution in [0, 0.1) is 9.49 Å². The van der Waals surface area contributed by atoms with Crippen molar-refractivity contribution in [3.05, 3.63) is 27.6 Å². The summed E-state index contributed by atoms with van der Waals surface area (Å²) in [7, 11) is 0. The normalized spacial score (nSPS) is 15.4. The number of nitrogens with zero attached hydrogens (tertiary/aromatic N) is 2. The van der Waals surface area contributed by atoms with Crippen LogP contribution in [0.25, 0.3) is 11.0 Å². The molecule has 0 radical (unpaired) electrons. The van der Waals surface area contributed by atoms with E-state index in [1.807, 2.05) is 0 Å². The number of hydrogen-bond donors (Lipinski definition) is 0. The average molecular weight is 375 g/mol. The summed E-state index contributed by atoms with van der Waals surface area (Å²) in [6.07, 6.45) is 5.47. The largest absolute Gasteiger partial charge is 0.327 e. The Morgan fingerprint density at radius 2 is 2.22 bits per heavy atom. The van der Waals surface area contributed by atoms with Gasteiger partial charge in [0.2, 0.25) is 0 Å². The first kappa shape index (κ1) is 12.7. The van der Waals surface area contributed by atoms with Crippen LogP contribution < -0.4 is 0 Å². The molecule has 96 valence electrons. The lowest BCUT2D eigenvalue weighted by Gasteiger charge is -2.07. The molecule has 2 aromatic rings. The van der Waals surface area contributed by atoms with Gasteiger partial charge in [-0.1, -0.05) is 12.8 Å². The second-order valence-electron chi connectivity index (χ2n) is 5.03. The second kappa shape index (κ2) is 5.37. The minimum atomic E-state index is 0.495. The lowest BCUT2D eigenvalue weighted by atomic mass is 10.2. The van der Waals surface area contributed by atoms with E-state index in [9.17, 15) is 0 Å². The molecule has 0 aliphatic heterocycles. The van der Waals surface area contributed by atoms with Crippen molar-refractivity contribution in [2.75, 3.05) is 0 Å². The fraction of sp³-hybridized carbons (Fsp3) is 0.500. The molecule has 1 aliphatic rings. The van der Waals surface area contributed by atoms with Crippen LogP contribution >= 0.6 is 34.2 Å². The number of alkyl halides is 1.